The molecule has 2 aromatic carbocycles. The molecule has 168 valence electrons. The van der Waals surface area contributed by atoms with Gasteiger partial charge in [0.2, 0.25) is 5.95 Å². The Morgan fingerprint density at radius 3 is 2.79 bits per heavy atom. The summed E-state index contributed by atoms with van der Waals surface area (Å²) in [4.78, 5) is 21.6. The van der Waals surface area contributed by atoms with Gasteiger partial charge in [0.05, 0.1) is 5.52 Å². The summed E-state index contributed by atoms with van der Waals surface area (Å²) >= 11 is 6.27. The number of nitrogens with zero attached hydrogens (tertiary/aromatic N) is 6. The number of piperazine rings is 1. The van der Waals surface area contributed by atoms with Gasteiger partial charge in [-0.3, -0.25) is 0 Å². The first-order valence-electron chi connectivity index (χ1n) is 10.9. The van der Waals surface area contributed by atoms with Gasteiger partial charge in [-0.05, 0) is 25.1 Å². The maximum absolute atomic E-state index is 12.5. The Morgan fingerprint density at radius 1 is 1.21 bits per heavy atom. The molecule has 9 heteroatoms. The number of hydrogen-bond acceptors (Lipinski definition) is 5. The van der Waals surface area contributed by atoms with Gasteiger partial charge in [-0.25, -0.2) is 14.2 Å². The Kier molecular flexibility index (Phi) is 5.60. The van der Waals surface area contributed by atoms with Crippen LogP contribution in [-0.4, -0.2) is 62.7 Å². The van der Waals surface area contributed by atoms with Crippen LogP contribution in [0.25, 0.3) is 27.9 Å². The number of fused-ring (bicyclic) bond motifs is 3. The summed E-state index contributed by atoms with van der Waals surface area (Å²) in [6.07, 6.45) is 1.68. The van der Waals surface area contributed by atoms with Crippen LogP contribution in [0.3, 0.4) is 0 Å². The first-order chi connectivity index (χ1) is 16.1. The van der Waals surface area contributed by atoms with E-state index in [1.807, 2.05) is 64.8 Å². The highest BCUT2D eigenvalue weighted by molar-refractivity contribution is 6.31. The number of benzene rings is 2. The molecule has 33 heavy (non-hydrogen) atoms. The minimum atomic E-state index is -0.0836. The average Bonchev–Trinajstić information content (AvgIpc) is 3.27. The number of amides is 2. The Morgan fingerprint density at radius 2 is 2.03 bits per heavy atom. The number of aromatic nitrogens is 4. The molecule has 2 aromatic heterocycles. The monoisotopic (exact) mass is 461 g/mol. The summed E-state index contributed by atoms with van der Waals surface area (Å²) in [5.74, 6) is 1.46. The van der Waals surface area contributed by atoms with Gasteiger partial charge in [0.15, 0.2) is 11.5 Å². The number of nitrogens with one attached hydrogen (secondary N) is 1. The van der Waals surface area contributed by atoms with E-state index in [4.69, 9.17) is 16.6 Å². The Bertz CT molecular complexity index is 1340. The summed E-state index contributed by atoms with van der Waals surface area (Å²) in [6.45, 7) is 7.98. The van der Waals surface area contributed by atoms with Gasteiger partial charge in [0.25, 0.3) is 0 Å². The van der Waals surface area contributed by atoms with E-state index < -0.39 is 0 Å². The van der Waals surface area contributed by atoms with Gasteiger partial charge in [-0.15, -0.1) is 16.8 Å². The minimum absolute atomic E-state index is 0.00729. The fourth-order valence-corrected chi connectivity index (χ4v) is 4.45. The molecule has 1 aliphatic rings. The Balaban J connectivity index is 1.60. The summed E-state index contributed by atoms with van der Waals surface area (Å²) in [6, 6.07) is 15.5. The fourth-order valence-electron chi connectivity index (χ4n) is 4.28. The van der Waals surface area contributed by atoms with Crippen LogP contribution >= 0.6 is 11.6 Å². The number of halogens is 1. The van der Waals surface area contributed by atoms with Gasteiger partial charge in [0, 0.05) is 48.2 Å². The molecule has 1 unspecified atom stereocenters. The highest BCUT2D eigenvalue weighted by Crippen LogP contribution is 2.30. The number of rotatable bonds is 4. The second-order valence-electron chi connectivity index (χ2n) is 8.09. The van der Waals surface area contributed by atoms with E-state index in [2.05, 4.69) is 27.0 Å². The van der Waals surface area contributed by atoms with E-state index in [9.17, 15) is 4.79 Å². The van der Waals surface area contributed by atoms with Crippen LogP contribution in [0, 0.1) is 0 Å². The molecule has 1 saturated heterocycles. The quantitative estimate of drug-likeness (QED) is 0.465. The third kappa shape index (κ3) is 3.87. The molecule has 0 spiro atoms. The van der Waals surface area contributed by atoms with Crippen molar-refractivity contribution in [2.24, 2.45) is 0 Å². The molecule has 3 heterocycles. The first-order valence-corrected chi connectivity index (χ1v) is 11.2. The predicted octanol–water partition coefficient (Wildman–Crippen LogP) is 4.00. The molecule has 1 N–H and O–H groups in total. The lowest BCUT2D eigenvalue weighted by Crippen LogP contribution is -2.57. The molecule has 0 radical (unpaired) electrons. The van der Waals surface area contributed by atoms with E-state index in [1.165, 1.54) is 0 Å². The van der Waals surface area contributed by atoms with Gasteiger partial charge < -0.3 is 15.1 Å². The average molecular weight is 462 g/mol. The SMILES string of the molecule is C=CCNC(=O)N1CCN(c2nc3cc(Cl)ccc3c3nnc(-c4ccccc4)n23)CC1C. The molecule has 0 bridgehead atoms. The van der Waals surface area contributed by atoms with E-state index in [-0.39, 0.29) is 12.1 Å². The van der Waals surface area contributed by atoms with Crippen LogP contribution in [0.4, 0.5) is 10.7 Å². The van der Waals surface area contributed by atoms with E-state index in [1.54, 1.807) is 6.08 Å². The van der Waals surface area contributed by atoms with Crippen molar-refractivity contribution in [1.29, 1.82) is 0 Å². The molecule has 1 atom stereocenters. The van der Waals surface area contributed by atoms with Crippen molar-refractivity contribution in [3.05, 3.63) is 66.2 Å². The highest BCUT2D eigenvalue weighted by atomic mass is 35.5. The molecule has 8 nitrogen and oxygen atoms in total. The molecule has 2 amide bonds. The molecule has 0 aliphatic carbocycles. The molecule has 4 aromatic rings. The van der Waals surface area contributed by atoms with Crippen molar-refractivity contribution in [1.82, 2.24) is 29.8 Å². The first kappa shape index (κ1) is 21.2. The van der Waals surface area contributed by atoms with Crippen molar-refractivity contribution in [3.63, 3.8) is 0 Å². The van der Waals surface area contributed by atoms with E-state index in [0.717, 1.165) is 33.9 Å². The topological polar surface area (TPSA) is 78.7 Å². The van der Waals surface area contributed by atoms with Crippen LogP contribution < -0.4 is 10.2 Å². The molecular weight excluding hydrogens is 438 g/mol. The smallest absolute Gasteiger partial charge is 0.318 e. The predicted molar refractivity (Wildman–Crippen MR) is 131 cm³/mol. The van der Waals surface area contributed by atoms with Crippen molar-refractivity contribution in [2.75, 3.05) is 31.1 Å². The van der Waals surface area contributed by atoms with Crippen LogP contribution in [0.2, 0.25) is 5.02 Å². The van der Waals surface area contributed by atoms with Gasteiger partial charge >= 0.3 is 6.03 Å². The third-order valence-corrected chi connectivity index (χ3v) is 6.12. The Hall–Kier alpha value is -3.65. The lowest BCUT2D eigenvalue weighted by molar-refractivity contribution is 0.172. The standard InChI is InChI=1S/C24H24ClN7O/c1-3-11-26-24(33)31-13-12-30(15-16(31)2)23-27-20-14-18(25)9-10-19(20)22-29-28-21(32(22)23)17-7-5-4-6-8-17/h3-10,14,16H,1,11-13,15H2,2H3,(H,26,33). The number of urea groups is 1. The van der Waals surface area contributed by atoms with E-state index in [0.29, 0.717) is 31.2 Å². The zero-order valence-corrected chi connectivity index (χ0v) is 19.0. The normalized spacial score (nSPS) is 16.4. The van der Waals surface area contributed by atoms with Crippen LogP contribution in [0.5, 0.6) is 0 Å². The molecule has 5 rings (SSSR count). The second-order valence-corrected chi connectivity index (χ2v) is 8.52. The number of carbonyl (C=O) groups excluding carboxylic acids is 1. The third-order valence-electron chi connectivity index (χ3n) is 5.88. The van der Waals surface area contributed by atoms with Crippen LogP contribution in [0.1, 0.15) is 6.92 Å². The lowest BCUT2D eigenvalue weighted by atomic mass is 10.2. The number of anilines is 1. The zero-order valence-electron chi connectivity index (χ0n) is 18.3. The summed E-state index contributed by atoms with van der Waals surface area (Å²) in [7, 11) is 0. The van der Waals surface area contributed by atoms with Gasteiger partial charge in [0.1, 0.15) is 0 Å². The molecule has 0 saturated carbocycles. The van der Waals surface area contributed by atoms with Crippen molar-refractivity contribution < 1.29 is 4.79 Å². The van der Waals surface area contributed by atoms with Crippen molar-refractivity contribution in [2.45, 2.75) is 13.0 Å². The fraction of sp³-hybridized carbons (Fsp3) is 0.250. The van der Waals surface area contributed by atoms with Crippen molar-refractivity contribution in [3.8, 4) is 11.4 Å². The summed E-state index contributed by atoms with van der Waals surface area (Å²) in [5.41, 5.74) is 2.44. The van der Waals surface area contributed by atoms with Crippen molar-refractivity contribution >= 4 is 40.1 Å². The number of hydrogen-bond donors (Lipinski definition) is 1. The molecular formula is C24H24ClN7O. The molecule has 1 fully saturated rings. The molecule has 1 aliphatic heterocycles. The highest BCUT2D eigenvalue weighted by Gasteiger charge is 2.30. The summed E-state index contributed by atoms with van der Waals surface area (Å²) in [5, 5.41) is 13.4. The lowest BCUT2D eigenvalue weighted by Gasteiger charge is -2.40. The van der Waals surface area contributed by atoms with Gasteiger partial charge in [-0.1, -0.05) is 48.0 Å². The number of carbonyl (C=O) groups is 1. The van der Waals surface area contributed by atoms with Crippen LogP contribution in [0.15, 0.2) is 61.2 Å². The zero-order chi connectivity index (χ0) is 22.9. The second kappa shape index (κ2) is 8.71. The maximum Gasteiger partial charge on any atom is 0.318 e. The largest absolute Gasteiger partial charge is 0.338 e. The van der Waals surface area contributed by atoms with Gasteiger partial charge in [-0.2, -0.15) is 0 Å². The minimum Gasteiger partial charge on any atom is -0.338 e. The Labute approximate surface area is 196 Å². The van der Waals surface area contributed by atoms with Crippen LogP contribution in [-0.2, 0) is 0 Å². The van der Waals surface area contributed by atoms with E-state index >= 15 is 0 Å². The maximum atomic E-state index is 12.5. The summed E-state index contributed by atoms with van der Waals surface area (Å²) < 4.78 is 2.01.